The summed E-state index contributed by atoms with van der Waals surface area (Å²) in [7, 11) is 0. The summed E-state index contributed by atoms with van der Waals surface area (Å²) in [6.45, 7) is 1.61. The van der Waals surface area contributed by atoms with E-state index < -0.39 is 17.9 Å². The van der Waals surface area contributed by atoms with Crippen LogP contribution < -0.4 is 5.32 Å². The Labute approximate surface area is 97.4 Å². The second kappa shape index (κ2) is 5.46. The summed E-state index contributed by atoms with van der Waals surface area (Å²) < 4.78 is 0. The van der Waals surface area contributed by atoms with E-state index in [-0.39, 0.29) is 17.3 Å². The van der Waals surface area contributed by atoms with Crippen LogP contribution in [0.15, 0.2) is 18.2 Å². The zero-order valence-electron chi connectivity index (χ0n) is 8.61. The Hall–Kier alpha value is -1.62. The van der Waals surface area contributed by atoms with Crippen LogP contribution in [0.5, 0.6) is 0 Å². The number of aromatic nitrogens is 1. The molecule has 2 N–H and O–H groups in total. The summed E-state index contributed by atoms with van der Waals surface area (Å²) in [6.07, 6.45) is -0.133. The van der Waals surface area contributed by atoms with Crippen molar-refractivity contribution in [2.24, 2.45) is 0 Å². The molecule has 0 spiro atoms. The van der Waals surface area contributed by atoms with Gasteiger partial charge in [-0.25, -0.2) is 4.98 Å². The van der Waals surface area contributed by atoms with E-state index in [9.17, 15) is 9.59 Å². The first-order chi connectivity index (χ1) is 7.49. The van der Waals surface area contributed by atoms with Crippen LogP contribution in [0, 0.1) is 0 Å². The Bertz CT molecular complexity index is 409. The second-order valence-electron chi connectivity index (χ2n) is 3.32. The number of carboxylic acids is 1. The fourth-order valence-corrected chi connectivity index (χ4v) is 1.31. The van der Waals surface area contributed by atoms with Gasteiger partial charge in [-0.3, -0.25) is 9.59 Å². The standard InChI is InChI=1S/C10H11ClN2O3/c1-6(5-9(14)15)12-10(16)7-3-2-4-8(11)13-7/h2-4,6H,5H2,1H3,(H,12,16)(H,14,15). The van der Waals surface area contributed by atoms with E-state index in [1.54, 1.807) is 19.1 Å². The fourth-order valence-electron chi connectivity index (χ4n) is 1.15. The van der Waals surface area contributed by atoms with Gasteiger partial charge in [0.05, 0.1) is 6.42 Å². The number of carbonyl (C=O) groups excluding carboxylic acids is 1. The van der Waals surface area contributed by atoms with Gasteiger partial charge in [-0.15, -0.1) is 0 Å². The van der Waals surface area contributed by atoms with Gasteiger partial charge >= 0.3 is 5.97 Å². The summed E-state index contributed by atoms with van der Waals surface area (Å²) in [6, 6.07) is 4.21. The highest BCUT2D eigenvalue weighted by molar-refractivity contribution is 6.29. The van der Waals surface area contributed by atoms with Crippen LogP contribution in [-0.4, -0.2) is 28.0 Å². The van der Waals surface area contributed by atoms with Gasteiger partial charge < -0.3 is 10.4 Å². The average Bonchev–Trinajstić information content (AvgIpc) is 2.16. The number of hydrogen-bond acceptors (Lipinski definition) is 3. The maximum absolute atomic E-state index is 11.6. The number of amides is 1. The van der Waals surface area contributed by atoms with Crippen molar-refractivity contribution in [1.29, 1.82) is 0 Å². The van der Waals surface area contributed by atoms with Crippen molar-refractivity contribution in [3.05, 3.63) is 29.0 Å². The van der Waals surface area contributed by atoms with Crippen molar-refractivity contribution in [3.8, 4) is 0 Å². The molecule has 0 radical (unpaired) electrons. The molecule has 0 aliphatic heterocycles. The van der Waals surface area contributed by atoms with Gasteiger partial charge in [-0.2, -0.15) is 0 Å². The first-order valence-corrected chi connectivity index (χ1v) is 5.02. The first-order valence-electron chi connectivity index (χ1n) is 4.64. The molecule has 16 heavy (non-hydrogen) atoms. The molecular formula is C10H11ClN2O3. The van der Waals surface area contributed by atoms with Gasteiger partial charge in [0.2, 0.25) is 0 Å². The molecule has 1 amide bonds. The third-order valence-corrected chi connectivity index (χ3v) is 2.02. The molecule has 1 rings (SSSR count). The number of carbonyl (C=O) groups is 2. The van der Waals surface area contributed by atoms with E-state index in [1.807, 2.05) is 0 Å². The Morgan fingerprint density at radius 3 is 2.81 bits per heavy atom. The highest BCUT2D eigenvalue weighted by Crippen LogP contribution is 2.05. The molecule has 1 unspecified atom stereocenters. The normalized spacial score (nSPS) is 11.9. The zero-order valence-corrected chi connectivity index (χ0v) is 9.36. The number of hydrogen-bond donors (Lipinski definition) is 2. The van der Waals surface area contributed by atoms with Crippen LogP contribution in [0.25, 0.3) is 0 Å². The predicted molar refractivity (Wildman–Crippen MR) is 58.4 cm³/mol. The zero-order chi connectivity index (χ0) is 12.1. The van der Waals surface area contributed by atoms with Crippen molar-refractivity contribution >= 4 is 23.5 Å². The maximum Gasteiger partial charge on any atom is 0.305 e. The second-order valence-corrected chi connectivity index (χ2v) is 3.71. The molecule has 0 aromatic carbocycles. The number of nitrogens with one attached hydrogen (secondary N) is 1. The third kappa shape index (κ3) is 3.86. The van der Waals surface area contributed by atoms with Gasteiger partial charge in [0.15, 0.2) is 0 Å². The number of carboxylic acid groups (broad SMARTS) is 1. The molecule has 1 aromatic rings. The number of nitrogens with zero attached hydrogens (tertiary/aromatic N) is 1. The molecule has 0 bridgehead atoms. The largest absolute Gasteiger partial charge is 0.481 e. The summed E-state index contributed by atoms with van der Waals surface area (Å²) >= 11 is 5.62. The monoisotopic (exact) mass is 242 g/mol. The molecule has 0 saturated heterocycles. The lowest BCUT2D eigenvalue weighted by atomic mass is 10.2. The van der Waals surface area contributed by atoms with E-state index in [4.69, 9.17) is 16.7 Å². The highest BCUT2D eigenvalue weighted by Gasteiger charge is 2.13. The molecule has 0 aliphatic rings. The molecule has 0 aliphatic carbocycles. The van der Waals surface area contributed by atoms with Crippen molar-refractivity contribution in [3.63, 3.8) is 0 Å². The summed E-state index contributed by atoms with van der Waals surface area (Å²) in [5, 5.41) is 11.3. The quantitative estimate of drug-likeness (QED) is 0.781. The lowest BCUT2D eigenvalue weighted by Gasteiger charge is -2.10. The van der Waals surface area contributed by atoms with E-state index in [1.165, 1.54) is 6.07 Å². The molecule has 1 heterocycles. The van der Waals surface area contributed by atoms with E-state index in [0.29, 0.717) is 0 Å². The molecule has 1 aromatic heterocycles. The Morgan fingerprint density at radius 2 is 2.25 bits per heavy atom. The van der Waals surface area contributed by atoms with Crippen LogP contribution in [0.2, 0.25) is 5.15 Å². The van der Waals surface area contributed by atoms with Crippen LogP contribution >= 0.6 is 11.6 Å². The molecule has 0 saturated carbocycles. The van der Waals surface area contributed by atoms with Crippen molar-refractivity contribution < 1.29 is 14.7 Å². The molecule has 86 valence electrons. The number of aliphatic carboxylic acids is 1. The number of pyridine rings is 1. The minimum atomic E-state index is -0.966. The lowest BCUT2D eigenvalue weighted by molar-refractivity contribution is -0.137. The average molecular weight is 243 g/mol. The smallest absolute Gasteiger partial charge is 0.305 e. The third-order valence-electron chi connectivity index (χ3n) is 1.81. The molecule has 5 nitrogen and oxygen atoms in total. The van der Waals surface area contributed by atoms with E-state index in [0.717, 1.165) is 0 Å². The van der Waals surface area contributed by atoms with Crippen molar-refractivity contribution in [1.82, 2.24) is 10.3 Å². The first kappa shape index (κ1) is 12.4. The SMILES string of the molecule is CC(CC(=O)O)NC(=O)c1cccc(Cl)n1. The predicted octanol–water partition coefficient (Wildman–Crippen LogP) is 1.33. The maximum atomic E-state index is 11.6. The fraction of sp³-hybridized carbons (Fsp3) is 0.300. The van der Waals surface area contributed by atoms with Crippen molar-refractivity contribution in [2.45, 2.75) is 19.4 Å². The summed E-state index contributed by atoms with van der Waals surface area (Å²) in [4.78, 5) is 25.8. The summed E-state index contributed by atoms with van der Waals surface area (Å²) in [5.74, 6) is -1.40. The number of halogens is 1. The molecular weight excluding hydrogens is 232 g/mol. The van der Waals surface area contributed by atoms with Gasteiger partial charge in [0.25, 0.3) is 5.91 Å². The van der Waals surface area contributed by atoms with Crippen LogP contribution in [-0.2, 0) is 4.79 Å². The molecule has 0 fully saturated rings. The lowest BCUT2D eigenvalue weighted by Crippen LogP contribution is -2.34. The van der Waals surface area contributed by atoms with Crippen molar-refractivity contribution in [2.75, 3.05) is 0 Å². The molecule has 6 heteroatoms. The topological polar surface area (TPSA) is 79.3 Å². The van der Waals surface area contributed by atoms with Gasteiger partial charge in [0.1, 0.15) is 10.8 Å². The Balaban J connectivity index is 2.62. The van der Waals surface area contributed by atoms with Crippen LogP contribution in [0.4, 0.5) is 0 Å². The van der Waals surface area contributed by atoms with Gasteiger partial charge in [0, 0.05) is 6.04 Å². The number of rotatable bonds is 4. The highest BCUT2D eigenvalue weighted by atomic mass is 35.5. The van der Waals surface area contributed by atoms with Gasteiger partial charge in [-0.05, 0) is 19.1 Å². The van der Waals surface area contributed by atoms with E-state index >= 15 is 0 Å². The summed E-state index contributed by atoms with van der Waals surface area (Å²) in [5.41, 5.74) is 0.171. The van der Waals surface area contributed by atoms with Crippen LogP contribution in [0.3, 0.4) is 0 Å². The Kier molecular flexibility index (Phi) is 4.25. The van der Waals surface area contributed by atoms with E-state index in [2.05, 4.69) is 10.3 Å². The minimum absolute atomic E-state index is 0.133. The minimum Gasteiger partial charge on any atom is -0.481 e. The van der Waals surface area contributed by atoms with Gasteiger partial charge in [-0.1, -0.05) is 17.7 Å². The Morgan fingerprint density at radius 1 is 1.56 bits per heavy atom. The molecule has 1 atom stereocenters. The van der Waals surface area contributed by atoms with Crippen LogP contribution in [0.1, 0.15) is 23.8 Å².